The number of fused-ring (bicyclic) bond motifs is 1. The van der Waals surface area contributed by atoms with E-state index in [1.54, 1.807) is 42.7 Å². The zero-order valence-electron chi connectivity index (χ0n) is 16.4. The van der Waals surface area contributed by atoms with Crippen LogP contribution in [-0.2, 0) is 17.6 Å². The molecule has 0 unspecified atom stereocenters. The zero-order chi connectivity index (χ0) is 21.8. The zero-order valence-corrected chi connectivity index (χ0v) is 18.7. The number of nitrogens with zero attached hydrogens (tertiary/aromatic N) is 1. The second kappa shape index (κ2) is 9.68. The predicted molar refractivity (Wildman–Crippen MR) is 124 cm³/mol. The van der Waals surface area contributed by atoms with Gasteiger partial charge >= 0.3 is 0 Å². The van der Waals surface area contributed by atoms with Crippen LogP contribution in [0.5, 0.6) is 5.75 Å². The number of aromatic nitrogens is 1. The molecular weight excluding hydrogens is 457 g/mol. The largest absolute Gasteiger partial charge is 0.482 e. The van der Waals surface area contributed by atoms with Gasteiger partial charge in [-0.15, -0.1) is 11.3 Å². The van der Waals surface area contributed by atoms with Crippen molar-refractivity contribution in [3.8, 4) is 5.75 Å². The molecule has 1 aromatic carbocycles. The van der Waals surface area contributed by atoms with Gasteiger partial charge in [0.05, 0.1) is 22.5 Å². The van der Waals surface area contributed by atoms with Crippen LogP contribution in [0, 0.1) is 0 Å². The van der Waals surface area contributed by atoms with Crippen molar-refractivity contribution in [3.63, 3.8) is 0 Å². The smallest absolute Gasteiger partial charge is 0.262 e. The minimum Gasteiger partial charge on any atom is -0.482 e. The highest BCUT2D eigenvalue weighted by Gasteiger charge is 2.26. The molecule has 0 bridgehead atoms. The maximum absolute atomic E-state index is 13.1. The fraction of sp³-hybridized carbons (Fsp3) is 0.227. The quantitative estimate of drug-likeness (QED) is 0.486. The van der Waals surface area contributed by atoms with Crippen LogP contribution >= 0.6 is 34.5 Å². The third-order valence-corrected chi connectivity index (χ3v) is 6.56. The van der Waals surface area contributed by atoms with Gasteiger partial charge in [-0.3, -0.25) is 14.6 Å². The molecule has 1 aliphatic rings. The van der Waals surface area contributed by atoms with Gasteiger partial charge < -0.3 is 15.4 Å². The second-order valence-electron chi connectivity index (χ2n) is 7.02. The van der Waals surface area contributed by atoms with Crippen LogP contribution in [0.25, 0.3) is 0 Å². The lowest BCUT2D eigenvalue weighted by molar-refractivity contribution is -0.118. The van der Waals surface area contributed by atoms with Gasteiger partial charge in [-0.1, -0.05) is 23.2 Å². The third-order valence-electron chi connectivity index (χ3n) is 4.82. The lowest BCUT2D eigenvalue weighted by Crippen LogP contribution is -2.22. The van der Waals surface area contributed by atoms with E-state index in [2.05, 4.69) is 15.6 Å². The predicted octanol–water partition coefficient (Wildman–Crippen LogP) is 5.60. The minimum atomic E-state index is -0.375. The standard InChI is InChI=1S/C22H19Cl2N3O3S/c23-13-7-8-17(16(24)10-13)30-12-19(28)27-22-20(15-5-1-2-6-18(15)31-22)21(29)26-14-4-3-9-25-11-14/h3-4,7-11H,1-2,5-6,12H2,(H,26,29)(H,27,28). The van der Waals surface area contributed by atoms with Crippen LogP contribution in [0.4, 0.5) is 10.7 Å². The van der Waals surface area contributed by atoms with Gasteiger partial charge in [-0.05, 0) is 61.6 Å². The molecule has 6 nitrogen and oxygen atoms in total. The number of carbonyl (C=O) groups is 2. The van der Waals surface area contributed by atoms with Gasteiger partial charge in [0.1, 0.15) is 10.8 Å². The molecule has 2 amide bonds. The number of ether oxygens (including phenoxy) is 1. The molecule has 1 aliphatic carbocycles. The molecule has 2 N–H and O–H groups in total. The highest BCUT2D eigenvalue weighted by Crippen LogP contribution is 2.38. The Morgan fingerprint density at radius 2 is 1.97 bits per heavy atom. The molecule has 0 saturated heterocycles. The summed E-state index contributed by atoms with van der Waals surface area (Å²) in [6.07, 6.45) is 7.03. The number of rotatable bonds is 6. The van der Waals surface area contributed by atoms with Crippen LogP contribution in [0.1, 0.15) is 33.6 Å². The molecule has 0 fully saturated rings. The SMILES string of the molecule is O=C(COc1ccc(Cl)cc1Cl)Nc1sc2c(c1C(=O)Nc1cccnc1)CCCC2. The molecule has 0 atom stereocenters. The van der Waals surface area contributed by atoms with Crippen LogP contribution in [0.3, 0.4) is 0 Å². The van der Waals surface area contributed by atoms with Crippen LogP contribution in [0.2, 0.25) is 10.0 Å². The van der Waals surface area contributed by atoms with E-state index >= 15 is 0 Å². The first kappa shape index (κ1) is 21.6. The Kier molecular flexibility index (Phi) is 6.75. The summed E-state index contributed by atoms with van der Waals surface area (Å²) in [6.45, 7) is -0.242. The van der Waals surface area contributed by atoms with Gasteiger partial charge in [-0.25, -0.2) is 0 Å². The lowest BCUT2D eigenvalue weighted by Gasteiger charge is -2.13. The molecule has 0 spiro atoms. The van der Waals surface area contributed by atoms with Gasteiger partial charge in [-0.2, -0.15) is 0 Å². The van der Waals surface area contributed by atoms with Crippen molar-refractivity contribution in [2.45, 2.75) is 25.7 Å². The summed E-state index contributed by atoms with van der Waals surface area (Å²) in [6, 6.07) is 8.31. The monoisotopic (exact) mass is 475 g/mol. The fourth-order valence-electron chi connectivity index (χ4n) is 3.42. The number of carbonyl (C=O) groups excluding carboxylic acids is 2. The van der Waals surface area contributed by atoms with Crippen LogP contribution < -0.4 is 15.4 Å². The van der Waals surface area contributed by atoms with Gasteiger partial charge in [0.2, 0.25) is 0 Å². The molecule has 160 valence electrons. The third kappa shape index (κ3) is 5.18. The molecule has 9 heteroatoms. The van der Waals surface area contributed by atoms with Crippen molar-refractivity contribution in [1.29, 1.82) is 0 Å². The van der Waals surface area contributed by atoms with Gasteiger partial charge in [0, 0.05) is 16.1 Å². The molecular formula is C22H19Cl2N3O3S. The van der Waals surface area contributed by atoms with Crippen molar-refractivity contribution in [2.24, 2.45) is 0 Å². The first-order valence-corrected chi connectivity index (χ1v) is 11.3. The lowest BCUT2D eigenvalue weighted by atomic mass is 9.95. The maximum Gasteiger partial charge on any atom is 0.262 e. The van der Waals surface area contributed by atoms with E-state index in [-0.39, 0.29) is 18.4 Å². The molecule has 4 rings (SSSR count). The van der Waals surface area contributed by atoms with E-state index in [0.717, 1.165) is 36.1 Å². The van der Waals surface area contributed by atoms with E-state index in [4.69, 9.17) is 27.9 Å². The Morgan fingerprint density at radius 1 is 1.13 bits per heavy atom. The summed E-state index contributed by atoms with van der Waals surface area (Å²) in [7, 11) is 0. The molecule has 0 radical (unpaired) electrons. The molecule has 2 heterocycles. The van der Waals surface area contributed by atoms with Gasteiger partial charge in [0.25, 0.3) is 11.8 Å². The molecule has 0 aliphatic heterocycles. The summed E-state index contributed by atoms with van der Waals surface area (Å²) >= 11 is 13.4. The average molecular weight is 476 g/mol. The van der Waals surface area contributed by atoms with Crippen molar-refractivity contribution < 1.29 is 14.3 Å². The molecule has 2 aromatic heterocycles. The van der Waals surface area contributed by atoms with Crippen molar-refractivity contribution in [1.82, 2.24) is 4.98 Å². The second-order valence-corrected chi connectivity index (χ2v) is 8.97. The van der Waals surface area contributed by atoms with Crippen LogP contribution in [-0.4, -0.2) is 23.4 Å². The topological polar surface area (TPSA) is 80.3 Å². The van der Waals surface area contributed by atoms with E-state index < -0.39 is 0 Å². The Bertz CT molecular complexity index is 1120. The number of hydrogen-bond donors (Lipinski definition) is 2. The average Bonchev–Trinajstić information content (AvgIpc) is 3.11. The Balaban J connectivity index is 1.51. The summed E-state index contributed by atoms with van der Waals surface area (Å²) in [4.78, 5) is 30.8. The summed E-state index contributed by atoms with van der Waals surface area (Å²) in [5, 5.41) is 7.05. The summed E-state index contributed by atoms with van der Waals surface area (Å²) in [5.41, 5.74) is 2.12. The highest BCUT2D eigenvalue weighted by atomic mass is 35.5. The van der Waals surface area contributed by atoms with Crippen LogP contribution in [0.15, 0.2) is 42.7 Å². The number of thiophene rings is 1. The normalized spacial score (nSPS) is 12.7. The first-order valence-electron chi connectivity index (χ1n) is 9.75. The molecule has 0 saturated carbocycles. The fourth-order valence-corrected chi connectivity index (χ4v) is 5.19. The minimum absolute atomic E-state index is 0.242. The molecule has 3 aromatic rings. The number of hydrogen-bond acceptors (Lipinski definition) is 5. The number of pyridine rings is 1. The Morgan fingerprint density at radius 3 is 2.74 bits per heavy atom. The van der Waals surface area contributed by atoms with E-state index in [1.165, 1.54) is 11.3 Å². The first-order chi connectivity index (χ1) is 15.0. The Hall–Kier alpha value is -2.61. The number of nitrogens with one attached hydrogen (secondary N) is 2. The number of aryl methyl sites for hydroxylation is 1. The number of halogens is 2. The highest BCUT2D eigenvalue weighted by molar-refractivity contribution is 7.17. The maximum atomic E-state index is 13.1. The summed E-state index contributed by atoms with van der Waals surface area (Å²) in [5.74, 6) is -0.273. The van der Waals surface area contributed by atoms with Gasteiger partial charge in [0.15, 0.2) is 6.61 Å². The van der Waals surface area contributed by atoms with Crippen molar-refractivity contribution >= 4 is 57.0 Å². The van der Waals surface area contributed by atoms with Crippen molar-refractivity contribution in [3.05, 3.63) is 68.8 Å². The van der Waals surface area contributed by atoms with E-state index in [0.29, 0.717) is 32.0 Å². The van der Waals surface area contributed by atoms with E-state index in [9.17, 15) is 9.59 Å². The number of amides is 2. The van der Waals surface area contributed by atoms with Crippen molar-refractivity contribution in [2.75, 3.05) is 17.2 Å². The molecule has 31 heavy (non-hydrogen) atoms. The van der Waals surface area contributed by atoms with E-state index in [1.807, 2.05) is 0 Å². The summed E-state index contributed by atoms with van der Waals surface area (Å²) < 4.78 is 5.52. The Labute approximate surface area is 193 Å². The number of anilines is 2. The number of benzene rings is 1.